The highest BCUT2D eigenvalue weighted by atomic mass is 19.2. The molecule has 0 bridgehead atoms. The van der Waals surface area contributed by atoms with Gasteiger partial charge in [0.2, 0.25) is 0 Å². The van der Waals surface area contributed by atoms with Crippen molar-refractivity contribution in [2.45, 2.75) is 13.0 Å². The van der Waals surface area contributed by atoms with Crippen molar-refractivity contribution < 1.29 is 27.2 Å². The fourth-order valence-corrected chi connectivity index (χ4v) is 3.69. The summed E-state index contributed by atoms with van der Waals surface area (Å²) in [5.74, 6) is -6.39. The summed E-state index contributed by atoms with van der Waals surface area (Å²) in [5.41, 5.74) is -0.366. The normalized spacial score (nSPS) is 15.6. The number of nitrogens with zero attached hydrogens (tertiary/aromatic N) is 2. The number of hydrogen-bond donors (Lipinski definition) is 0. The molecule has 158 valence electrons. The lowest BCUT2D eigenvalue weighted by Gasteiger charge is -2.41. The van der Waals surface area contributed by atoms with Gasteiger partial charge in [0.25, 0.3) is 11.8 Å². The number of benzene rings is 3. The van der Waals surface area contributed by atoms with Crippen molar-refractivity contribution in [2.24, 2.45) is 0 Å². The Morgan fingerprint density at radius 3 is 1.84 bits per heavy atom. The largest absolute Gasteiger partial charge is 0.304 e. The second-order valence-corrected chi connectivity index (χ2v) is 7.13. The van der Waals surface area contributed by atoms with Crippen LogP contribution in [0.5, 0.6) is 0 Å². The lowest BCUT2D eigenvalue weighted by Crippen LogP contribution is -2.52. The second-order valence-electron chi connectivity index (χ2n) is 7.13. The number of carbonyl (C=O) groups is 2. The Balaban J connectivity index is 1.78. The third kappa shape index (κ3) is 3.43. The predicted octanol–water partition coefficient (Wildman–Crippen LogP) is 4.94. The number of rotatable bonds is 2. The minimum absolute atomic E-state index is 0.0610. The molecule has 1 heterocycles. The van der Waals surface area contributed by atoms with Crippen molar-refractivity contribution in [1.29, 1.82) is 0 Å². The van der Waals surface area contributed by atoms with Crippen LogP contribution in [-0.4, -0.2) is 24.4 Å². The van der Waals surface area contributed by atoms with Gasteiger partial charge in [0.15, 0.2) is 23.3 Å². The van der Waals surface area contributed by atoms with Crippen molar-refractivity contribution in [3.63, 3.8) is 0 Å². The molecule has 0 fully saturated rings. The molecule has 1 aliphatic heterocycles. The van der Waals surface area contributed by atoms with Crippen molar-refractivity contribution >= 4 is 23.2 Å². The minimum atomic E-state index is -1.27. The molecule has 1 unspecified atom stereocenters. The Hall–Kier alpha value is -3.68. The Labute approximate surface area is 175 Å². The highest BCUT2D eigenvalue weighted by Gasteiger charge is 2.37. The van der Waals surface area contributed by atoms with Crippen LogP contribution in [-0.2, 0) is 0 Å². The van der Waals surface area contributed by atoms with Gasteiger partial charge in [-0.1, -0.05) is 24.3 Å². The van der Waals surface area contributed by atoms with Gasteiger partial charge in [0, 0.05) is 6.54 Å². The van der Waals surface area contributed by atoms with Gasteiger partial charge in [0.1, 0.15) is 0 Å². The highest BCUT2D eigenvalue weighted by Crippen LogP contribution is 2.37. The number of halogens is 4. The quantitative estimate of drug-likeness (QED) is 0.543. The maximum absolute atomic E-state index is 14.3. The number of anilines is 2. The summed E-state index contributed by atoms with van der Waals surface area (Å²) in [7, 11) is 0. The van der Waals surface area contributed by atoms with Crippen LogP contribution in [0.3, 0.4) is 0 Å². The first-order chi connectivity index (χ1) is 14.8. The zero-order valence-corrected chi connectivity index (χ0v) is 16.3. The van der Waals surface area contributed by atoms with Crippen LogP contribution in [0.2, 0.25) is 0 Å². The molecule has 3 aromatic rings. The van der Waals surface area contributed by atoms with E-state index in [1.165, 1.54) is 34.1 Å². The average molecular weight is 428 g/mol. The molecule has 0 spiro atoms. The standard InChI is InChI=1S/C23H16F4N2O2/c1-13-12-28(22(30)14-6-4-8-16(24)20(14)26)18-10-2-3-11-19(18)29(13)23(31)15-7-5-9-17(25)21(15)27/h2-11,13H,12H2,1H3. The van der Waals surface area contributed by atoms with Gasteiger partial charge in [-0.3, -0.25) is 9.59 Å². The van der Waals surface area contributed by atoms with Gasteiger partial charge in [-0.15, -0.1) is 0 Å². The van der Waals surface area contributed by atoms with Crippen LogP contribution in [0.25, 0.3) is 0 Å². The van der Waals surface area contributed by atoms with Crippen molar-refractivity contribution in [3.05, 3.63) is 95.1 Å². The molecular weight excluding hydrogens is 412 g/mol. The molecule has 0 aliphatic carbocycles. The van der Waals surface area contributed by atoms with Crippen LogP contribution >= 0.6 is 0 Å². The van der Waals surface area contributed by atoms with Crippen LogP contribution in [0.1, 0.15) is 27.6 Å². The lowest BCUT2D eigenvalue weighted by atomic mass is 10.0. The van der Waals surface area contributed by atoms with Gasteiger partial charge in [-0.25, -0.2) is 17.6 Å². The second kappa shape index (κ2) is 7.86. The Morgan fingerprint density at radius 1 is 0.742 bits per heavy atom. The highest BCUT2D eigenvalue weighted by molar-refractivity contribution is 6.14. The van der Waals surface area contributed by atoms with Crippen LogP contribution in [0, 0.1) is 23.3 Å². The van der Waals surface area contributed by atoms with E-state index < -0.39 is 52.3 Å². The molecule has 1 aliphatic rings. The summed E-state index contributed by atoms with van der Waals surface area (Å²) < 4.78 is 55.8. The number of para-hydroxylation sites is 2. The van der Waals surface area contributed by atoms with Crippen molar-refractivity contribution in [3.8, 4) is 0 Å². The van der Waals surface area contributed by atoms with E-state index in [-0.39, 0.29) is 17.9 Å². The Kier molecular flexibility index (Phi) is 5.22. The first kappa shape index (κ1) is 20.6. The average Bonchev–Trinajstić information content (AvgIpc) is 2.76. The molecule has 4 rings (SSSR count). The molecule has 0 saturated carbocycles. The van der Waals surface area contributed by atoms with E-state index in [0.717, 1.165) is 12.1 Å². The fraction of sp³-hybridized carbons (Fsp3) is 0.130. The Bertz CT molecular complexity index is 1200. The van der Waals surface area contributed by atoms with Gasteiger partial charge in [-0.2, -0.15) is 0 Å². The third-order valence-corrected chi connectivity index (χ3v) is 5.15. The molecule has 0 aromatic heterocycles. The predicted molar refractivity (Wildman–Crippen MR) is 107 cm³/mol. The van der Waals surface area contributed by atoms with E-state index in [0.29, 0.717) is 0 Å². The zero-order valence-electron chi connectivity index (χ0n) is 16.3. The Morgan fingerprint density at radius 2 is 1.26 bits per heavy atom. The van der Waals surface area contributed by atoms with Gasteiger partial charge in [0.05, 0.1) is 28.5 Å². The summed E-state index contributed by atoms with van der Waals surface area (Å²) in [6.07, 6.45) is 0. The van der Waals surface area contributed by atoms with Crippen LogP contribution < -0.4 is 9.80 Å². The monoisotopic (exact) mass is 428 g/mol. The molecule has 8 heteroatoms. The molecule has 31 heavy (non-hydrogen) atoms. The van der Waals surface area contributed by atoms with E-state index in [4.69, 9.17) is 0 Å². The zero-order chi connectivity index (χ0) is 22.3. The summed E-state index contributed by atoms with van der Waals surface area (Å²) in [6, 6.07) is 12.3. The number of carbonyl (C=O) groups excluding carboxylic acids is 2. The van der Waals surface area contributed by atoms with E-state index >= 15 is 0 Å². The maximum Gasteiger partial charge on any atom is 0.261 e. The summed E-state index contributed by atoms with van der Waals surface area (Å²) in [6.45, 7) is 1.56. The summed E-state index contributed by atoms with van der Waals surface area (Å²) in [4.78, 5) is 28.6. The topological polar surface area (TPSA) is 40.6 Å². The van der Waals surface area contributed by atoms with Crippen LogP contribution in [0.4, 0.5) is 28.9 Å². The number of hydrogen-bond acceptors (Lipinski definition) is 2. The van der Waals surface area contributed by atoms with Crippen molar-refractivity contribution in [2.75, 3.05) is 16.3 Å². The van der Waals surface area contributed by atoms with E-state index in [1.807, 2.05) is 0 Å². The molecule has 4 nitrogen and oxygen atoms in total. The lowest BCUT2D eigenvalue weighted by molar-refractivity contribution is 0.0947. The molecule has 0 radical (unpaired) electrons. The summed E-state index contributed by atoms with van der Waals surface area (Å²) >= 11 is 0. The smallest absolute Gasteiger partial charge is 0.261 e. The first-order valence-corrected chi connectivity index (χ1v) is 9.43. The minimum Gasteiger partial charge on any atom is -0.304 e. The third-order valence-electron chi connectivity index (χ3n) is 5.15. The van der Waals surface area contributed by atoms with Crippen LogP contribution in [0.15, 0.2) is 60.7 Å². The SMILES string of the molecule is CC1CN(C(=O)c2cccc(F)c2F)c2ccccc2N1C(=O)c1cccc(F)c1F. The van der Waals surface area contributed by atoms with Crippen molar-refractivity contribution in [1.82, 2.24) is 0 Å². The molecule has 0 N–H and O–H groups in total. The van der Waals surface area contributed by atoms with Gasteiger partial charge in [-0.05, 0) is 43.3 Å². The molecule has 3 aromatic carbocycles. The molecule has 2 amide bonds. The van der Waals surface area contributed by atoms with E-state index in [9.17, 15) is 27.2 Å². The van der Waals surface area contributed by atoms with E-state index in [2.05, 4.69) is 0 Å². The first-order valence-electron chi connectivity index (χ1n) is 9.43. The maximum atomic E-state index is 14.3. The summed E-state index contributed by atoms with van der Waals surface area (Å²) in [5, 5.41) is 0. The molecular formula is C23H16F4N2O2. The fourth-order valence-electron chi connectivity index (χ4n) is 3.69. The van der Waals surface area contributed by atoms with Gasteiger partial charge >= 0.3 is 0 Å². The van der Waals surface area contributed by atoms with E-state index in [1.54, 1.807) is 31.2 Å². The molecule has 1 atom stereocenters. The number of fused-ring (bicyclic) bond motifs is 1. The number of amides is 2. The van der Waals surface area contributed by atoms with Gasteiger partial charge < -0.3 is 9.80 Å². The molecule has 0 saturated heterocycles.